The molecule has 0 aliphatic heterocycles. The lowest BCUT2D eigenvalue weighted by atomic mass is 10.1. The van der Waals surface area contributed by atoms with Crippen LogP contribution in [0.4, 0.5) is 10.5 Å². The lowest BCUT2D eigenvalue weighted by molar-refractivity contribution is -0.132. The number of nitrogens with one attached hydrogen (secondary N) is 1. The van der Waals surface area contributed by atoms with E-state index in [4.69, 9.17) is 4.42 Å². The molecule has 0 aliphatic carbocycles. The summed E-state index contributed by atoms with van der Waals surface area (Å²) in [5, 5.41) is 2.90. The number of carbonyl (C=O) groups excluding carboxylic acids is 2. The Labute approximate surface area is 195 Å². The summed E-state index contributed by atoms with van der Waals surface area (Å²) in [6.07, 6.45) is 4.81. The fraction of sp³-hybridized carbons (Fsp3) is 0.259. The molecular weight excluding hydrogens is 414 g/mol. The van der Waals surface area contributed by atoms with E-state index in [0.717, 1.165) is 17.5 Å². The van der Waals surface area contributed by atoms with Gasteiger partial charge in [-0.25, -0.2) is 4.79 Å². The first-order valence-corrected chi connectivity index (χ1v) is 11.2. The molecule has 0 spiro atoms. The van der Waals surface area contributed by atoms with Crippen LogP contribution in [0.5, 0.6) is 0 Å². The highest BCUT2D eigenvalue weighted by Crippen LogP contribution is 2.13. The Hall–Kier alpha value is -3.80. The molecule has 1 aromatic heterocycles. The fourth-order valence-corrected chi connectivity index (χ4v) is 3.50. The van der Waals surface area contributed by atoms with Gasteiger partial charge in [0.15, 0.2) is 0 Å². The van der Waals surface area contributed by atoms with E-state index >= 15 is 0 Å². The molecule has 3 aromatic rings. The second-order valence-corrected chi connectivity index (χ2v) is 7.78. The van der Waals surface area contributed by atoms with Crippen LogP contribution in [-0.4, -0.2) is 41.4 Å². The van der Waals surface area contributed by atoms with Crippen molar-refractivity contribution in [2.45, 2.75) is 26.3 Å². The molecule has 1 N–H and O–H groups in total. The van der Waals surface area contributed by atoms with Crippen LogP contribution >= 0.6 is 0 Å². The van der Waals surface area contributed by atoms with Gasteiger partial charge < -0.3 is 19.5 Å². The van der Waals surface area contributed by atoms with Crippen molar-refractivity contribution in [3.63, 3.8) is 0 Å². The third-order valence-electron chi connectivity index (χ3n) is 5.34. The molecule has 0 radical (unpaired) electrons. The van der Waals surface area contributed by atoms with E-state index in [1.165, 1.54) is 4.90 Å². The van der Waals surface area contributed by atoms with Crippen molar-refractivity contribution < 1.29 is 14.0 Å². The summed E-state index contributed by atoms with van der Waals surface area (Å²) >= 11 is 0. The molecule has 6 nitrogen and oxygen atoms in total. The number of benzene rings is 2. The van der Waals surface area contributed by atoms with E-state index in [0.29, 0.717) is 31.0 Å². The van der Waals surface area contributed by atoms with E-state index in [9.17, 15) is 9.59 Å². The van der Waals surface area contributed by atoms with Gasteiger partial charge in [0.25, 0.3) is 0 Å². The molecule has 0 atom stereocenters. The van der Waals surface area contributed by atoms with Gasteiger partial charge in [-0.3, -0.25) is 4.79 Å². The lowest BCUT2D eigenvalue weighted by Crippen LogP contribution is -2.44. The predicted molar refractivity (Wildman–Crippen MR) is 131 cm³/mol. The minimum absolute atomic E-state index is 0.0547. The van der Waals surface area contributed by atoms with E-state index < -0.39 is 0 Å². The van der Waals surface area contributed by atoms with Crippen molar-refractivity contribution in [3.05, 3.63) is 103 Å². The molecule has 2 aromatic carbocycles. The molecule has 0 fully saturated rings. The molecule has 0 saturated carbocycles. The summed E-state index contributed by atoms with van der Waals surface area (Å²) in [4.78, 5) is 29.4. The van der Waals surface area contributed by atoms with Crippen LogP contribution in [0.3, 0.4) is 0 Å². The van der Waals surface area contributed by atoms with Crippen molar-refractivity contribution in [1.82, 2.24) is 9.80 Å². The van der Waals surface area contributed by atoms with Crippen molar-refractivity contribution in [1.29, 1.82) is 0 Å². The van der Waals surface area contributed by atoms with E-state index in [1.54, 1.807) is 23.3 Å². The topological polar surface area (TPSA) is 65.8 Å². The molecule has 0 saturated heterocycles. The zero-order chi connectivity index (χ0) is 23.5. The number of anilines is 1. The van der Waals surface area contributed by atoms with Gasteiger partial charge >= 0.3 is 6.03 Å². The first-order valence-electron chi connectivity index (χ1n) is 11.2. The second-order valence-electron chi connectivity index (χ2n) is 7.78. The number of carbonyl (C=O) groups is 2. The van der Waals surface area contributed by atoms with Crippen molar-refractivity contribution in [2.75, 3.05) is 25.0 Å². The Morgan fingerprint density at radius 2 is 1.79 bits per heavy atom. The quantitative estimate of drug-likeness (QED) is 0.416. The standard InChI is InChI=1S/C27H31N3O3/c1-3-16-30(27(32)28-24-13-8-12-22(4-2)19-24)21-26(31)29(20-25-14-9-18-33-25)17-15-23-10-6-5-7-11-23/h3,5-14,18-19H,1,4,15-17,20-21H2,2H3,(H,28,32). The predicted octanol–water partition coefficient (Wildman–Crippen LogP) is 5.13. The van der Waals surface area contributed by atoms with E-state index in [-0.39, 0.29) is 25.0 Å². The van der Waals surface area contributed by atoms with E-state index in [2.05, 4.69) is 18.8 Å². The number of furan rings is 1. The van der Waals surface area contributed by atoms with Gasteiger partial charge in [-0.15, -0.1) is 6.58 Å². The maximum atomic E-state index is 13.3. The third-order valence-corrected chi connectivity index (χ3v) is 5.34. The Morgan fingerprint density at radius 1 is 1.00 bits per heavy atom. The van der Waals surface area contributed by atoms with Crippen LogP contribution in [0.1, 0.15) is 23.8 Å². The summed E-state index contributed by atoms with van der Waals surface area (Å²) in [6, 6.07) is 21.0. The number of amides is 3. The number of nitrogens with zero attached hydrogens (tertiary/aromatic N) is 2. The van der Waals surface area contributed by atoms with Gasteiger partial charge in [-0.2, -0.15) is 0 Å². The van der Waals surface area contributed by atoms with Crippen LogP contribution in [0.25, 0.3) is 0 Å². The summed E-state index contributed by atoms with van der Waals surface area (Å²) in [5.41, 5.74) is 2.98. The van der Waals surface area contributed by atoms with E-state index in [1.807, 2.05) is 60.7 Å². The molecule has 0 unspecified atom stereocenters. The van der Waals surface area contributed by atoms with Crippen LogP contribution in [0.15, 0.2) is 90.1 Å². The number of hydrogen-bond donors (Lipinski definition) is 1. The molecule has 33 heavy (non-hydrogen) atoms. The molecular formula is C27H31N3O3. The van der Waals surface area contributed by atoms with Crippen LogP contribution in [0, 0.1) is 0 Å². The normalized spacial score (nSPS) is 10.5. The van der Waals surface area contributed by atoms with Crippen LogP contribution in [0.2, 0.25) is 0 Å². The number of aryl methyl sites for hydroxylation is 1. The first-order chi connectivity index (χ1) is 16.1. The minimum Gasteiger partial charge on any atom is -0.467 e. The zero-order valence-corrected chi connectivity index (χ0v) is 19.1. The highest BCUT2D eigenvalue weighted by molar-refractivity contribution is 5.92. The minimum atomic E-state index is -0.336. The fourth-order valence-electron chi connectivity index (χ4n) is 3.50. The smallest absolute Gasteiger partial charge is 0.322 e. The van der Waals surface area contributed by atoms with Gasteiger partial charge in [0.2, 0.25) is 5.91 Å². The van der Waals surface area contributed by atoms with Gasteiger partial charge in [-0.1, -0.05) is 55.5 Å². The Morgan fingerprint density at radius 3 is 2.48 bits per heavy atom. The Kier molecular flexibility index (Phi) is 8.88. The molecule has 0 aliphatic rings. The number of hydrogen-bond acceptors (Lipinski definition) is 3. The SMILES string of the molecule is C=CCN(CC(=O)N(CCc1ccccc1)Cc1ccco1)C(=O)Nc1cccc(CC)c1. The average Bonchev–Trinajstić information content (AvgIpc) is 3.35. The van der Waals surface area contributed by atoms with Gasteiger partial charge in [0.1, 0.15) is 12.3 Å². The highest BCUT2D eigenvalue weighted by Gasteiger charge is 2.22. The third kappa shape index (κ3) is 7.38. The zero-order valence-electron chi connectivity index (χ0n) is 19.1. The number of rotatable bonds is 11. The van der Waals surface area contributed by atoms with Crippen molar-refractivity contribution >= 4 is 17.6 Å². The average molecular weight is 446 g/mol. The summed E-state index contributed by atoms with van der Waals surface area (Å²) in [6.45, 7) is 6.88. The maximum Gasteiger partial charge on any atom is 0.322 e. The molecule has 1 heterocycles. The maximum absolute atomic E-state index is 13.3. The monoisotopic (exact) mass is 445 g/mol. The Bertz CT molecular complexity index is 1030. The Balaban J connectivity index is 1.69. The molecule has 3 rings (SSSR count). The van der Waals surface area contributed by atoms with Gasteiger partial charge in [0.05, 0.1) is 12.8 Å². The van der Waals surface area contributed by atoms with Crippen molar-refractivity contribution in [3.8, 4) is 0 Å². The van der Waals surface area contributed by atoms with Crippen LogP contribution in [-0.2, 0) is 24.2 Å². The van der Waals surface area contributed by atoms with Crippen molar-refractivity contribution in [2.24, 2.45) is 0 Å². The number of urea groups is 1. The molecule has 6 heteroatoms. The second kappa shape index (κ2) is 12.3. The first kappa shape index (κ1) is 23.9. The summed E-state index contributed by atoms with van der Waals surface area (Å²) in [7, 11) is 0. The van der Waals surface area contributed by atoms with Gasteiger partial charge in [-0.05, 0) is 48.2 Å². The molecule has 0 bridgehead atoms. The largest absolute Gasteiger partial charge is 0.467 e. The molecule has 172 valence electrons. The lowest BCUT2D eigenvalue weighted by Gasteiger charge is -2.27. The summed E-state index contributed by atoms with van der Waals surface area (Å²) in [5.74, 6) is 0.550. The van der Waals surface area contributed by atoms with Crippen LogP contribution < -0.4 is 5.32 Å². The molecule has 3 amide bonds. The summed E-state index contributed by atoms with van der Waals surface area (Å²) < 4.78 is 5.46. The highest BCUT2D eigenvalue weighted by atomic mass is 16.3. The van der Waals surface area contributed by atoms with Gasteiger partial charge in [0, 0.05) is 18.8 Å².